The van der Waals surface area contributed by atoms with E-state index in [4.69, 9.17) is 23.2 Å². The Hall–Kier alpha value is -2.29. The molecular weight excluding hydrogens is 473 g/mol. The Bertz CT molecular complexity index is 1050. The molecule has 7 nitrogen and oxygen atoms in total. The quantitative estimate of drug-likeness (QED) is 0.542. The van der Waals surface area contributed by atoms with E-state index in [1.54, 1.807) is 6.92 Å². The summed E-state index contributed by atoms with van der Waals surface area (Å²) >= 11 is 12.2. The molecule has 0 aliphatic rings. The number of rotatable bonds is 10. The molecule has 0 aliphatic carbocycles. The predicted octanol–water partition coefficient (Wildman–Crippen LogP) is 3.36. The fourth-order valence-corrected chi connectivity index (χ4v) is 4.62. The van der Waals surface area contributed by atoms with Crippen LogP contribution in [0.15, 0.2) is 48.5 Å². The van der Waals surface area contributed by atoms with Gasteiger partial charge in [-0.25, -0.2) is 8.42 Å². The lowest BCUT2D eigenvalue weighted by Gasteiger charge is -2.32. The molecule has 0 aromatic heterocycles. The number of nitrogens with one attached hydrogen (secondary N) is 1. The minimum absolute atomic E-state index is 0.103. The summed E-state index contributed by atoms with van der Waals surface area (Å²) in [5.41, 5.74) is 1.10. The molecule has 0 fully saturated rings. The molecule has 174 valence electrons. The van der Waals surface area contributed by atoms with Crippen LogP contribution < -0.4 is 9.62 Å². The average molecular weight is 500 g/mol. The molecule has 0 saturated carbocycles. The Morgan fingerprint density at radius 3 is 2.31 bits per heavy atom. The molecule has 0 saturated heterocycles. The molecule has 1 atom stereocenters. The van der Waals surface area contributed by atoms with Gasteiger partial charge in [0.05, 0.1) is 17.0 Å². The third kappa shape index (κ3) is 6.85. The van der Waals surface area contributed by atoms with Crippen molar-refractivity contribution < 1.29 is 18.0 Å². The minimum atomic E-state index is -3.87. The van der Waals surface area contributed by atoms with Gasteiger partial charge < -0.3 is 10.2 Å². The van der Waals surface area contributed by atoms with E-state index in [0.717, 1.165) is 16.1 Å². The van der Waals surface area contributed by atoms with E-state index >= 15 is 0 Å². The number of anilines is 1. The van der Waals surface area contributed by atoms with Crippen molar-refractivity contribution in [1.82, 2.24) is 10.2 Å². The van der Waals surface area contributed by atoms with Crippen LogP contribution in [0.1, 0.15) is 18.9 Å². The highest BCUT2D eigenvalue weighted by molar-refractivity contribution is 7.92. The van der Waals surface area contributed by atoms with Crippen LogP contribution in [0.2, 0.25) is 10.0 Å². The van der Waals surface area contributed by atoms with Gasteiger partial charge in [-0.05, 0) is 36.6 Å². The summed E-state index contributed by atoms with van der Waals surface area (Å²) in [4.78, 5) is 27.3. The number of hydrogen-bond acceptors (Lipinski definition) is 4. The third-order valence-corrected chi connectivity index (χ3v) is 6.65. The van der Waals surface area contributed by atoms with Crippen molar-refractivity contribution in [2.75, 3.05) is 30.7 Å². The van der Waals surface area contributed by atoms with Crippen molar-refractivity contribution in [3.05, 3.63) is 64.1 Å². The highest BCUT2D eigenvalue weighted by Crippen LogP contribution is 2.30. The maximum absolute atomic E-state index is 13.4. The zero-order valence-corrected chi connectivity index (χ0v) is 20.5. The first kappa shape index (κ1) is 26.0. The van der Waals surface area contributed by atoms with Crippen molar-refractivity contribution in [1.29, 1.82) is 0 Å². The molecule has 2 amide bonds. The number of carbonyl (C=O) groups excluding carboxylic acids is 2. The fourth-order valence-electron chi connectivity index (χ4n) is 3.33. The highest BCUT2D eigenvalue weighted by Gasteiger charge is 2.31. The summed E-state index contributed by atoms with van der Waals surface area (Å²) in [5, 5.41) is 3.00. The second-order valence-electron chi connectivity index (χ2n) is 7.23. The van der Waals surface area contributed by atoms with Gasteiger partial charge in [0.15, 0.2) is 0 Å². The van der Waals surface area contributed by atoms with Gasteiger partial charge in [0, 0.05) is 18.6 Å². The summed E-state index contributed by atoms with van der Waals surface area (Å²) in [6.45, 7) is 1.53. The van der Waals surface area contributed by atoms with Gasteiger partial charge >= 0.3 is 0 Å². The topological polar surface area (TPSA) is 86.8 Å². The third-order valence-electron chi connectivity index (χ3n) is 4.97. The molecule has 0 radical (unpaired) electrons. The van der Waals surface area contributed by atoms with Gasteiger partial charge in [0.25, 0.3) is 0 Å². The largest absolute Gasteiger partial charge is 0.357 e. The zero-order valence-electron chi connectivity index (χ0n) is 18.2. The second-order valence-corrected chi connectivity index (χ2v) is 9.98. The van der Waals surface area contributed by atoms with E-state index in [-0.39, 0.29) is 28.2 Å². The lowest BCUT2D eigenvalue weighted by atomic mass is 10.1. The van der Waals surface area contributed by atoms with Crippen molar-refractivity contribution in [2.24, 2.45) is 0 Å². The van der Waals surface area contributed by atoms with Crippen molar-refractivity contribution in [3.63, 3.8) is 0 Å². The van der Waals surface area contributed by atoms with Crippen LogP contribution in [0.3, 0.4) is 0 Å². The number of hydrogen-bond donors (Lipinski definition) is 1. The second kappa shape index (κ2) is 11.5. The van der Waals surface area contributed by atoms with E-state index in [9.17, 15) is 18.0 Å². The fraction of sp³-hybridized carbons (Fsp3) is 0.364. The van der Waals surface area contributed by atoms with E-state index in [2.05, 4.69) is 5.32 Å². The van der Waals surface area contributed by atoms with Crippen LogP contribution in [0.4, 0.5) is 5.69 Å². The first-order chi connectivity index (χ1) is 15.1. The summed E-state index contributed by atoms with van der Waals surface area (Å²) in [6.07, 6.45) is 1.87. The van der Waals surface area contributed by atoms with E-state index in [1.165, 1.54) is 30.1 Å². The van der Waals surface area contributed by atoms with Crippen LogP contribution in [0.25, 0.3) is 0 Å². The van der Waals surface area contributed by atoms with Gasteiger partial charge in [-0.1, -0.05) is 60.5 Å². The average Bonchev–Trinajstić information content (AvgIpc) is 2.76. The summed E-state index contributed by atoms with van der Waals surface area (Å²) in [5.74, 6) is -0.835. The Labute approximate surface area is 199 Å². The molecule has 0 heterocycles. The van der Waals surface area contributed by atoms with Crippen molar-refractivity contribution in [2.45, 2.75) is 25.8 Å². The molecule has 2 aromatic carbocycles. The summed E-state index contributed by atoms with van der Waals surface area (Å²) < 4.78 is 26.0. The Kier molecular flexibility index (Phi) is 9.36. The maximum Gasteiger partial charge on any atom is 0.244 e. The Morgan fingerprint density at radius 2 is 1.75 bits per heavy atom. The predicted molar refractivity (Wildman–Crippen MR) is 129 cm³/mol. The normalized spacial score (nSPS) is 12.2. The van der Waals surface area contributed by atoms with E-state index in [0.29, 0.717) is 12.8 Å². The first-order valence-electron chi connectivity index (χ1n) is 10.1. The number of halogens is 2. The van der Waals surface area contributed by atoms with Gasteiger partial charge in [0.1, 0.15) is 12.6 Å². The van der Waals surface area contributed by atoms with Gasteiger partial charge in [-0.15, -0.1) is 0 Å². The van der Waals surface area contributed by atoms with E-state index < -0.39 is 28.5 Å². The first-order valence-corrected chi connectivity index (χ1v) is 12.7. The number of benzene rings is 2. The van der Waals surface area contributed by atoms with Crippen LogP contribution in [-0.2, 0) is 26.0 Å². The molecule has 0 spiro atoms. The molecule has 32 heavy (non-hydrogen) atoms. The molecule has 2 rings (SSSR count). The molecular formula is C22H27Cl2N3O4S. The SMILES string of the molecule is CC[C@@H](C(=O)NC)N(CCc1ccccc1)C(=O)CN(c1cc(Cl)ccc1Cl)S(C)(=O)=O. The standard InChI is InChI=1S/C22H27Cl2N3O4S/c1-4-19(22(29)25-2)26(13-12-16-8-6-5-7-9-16)21(28)15-27(32(3,30)31)20-14-17(23)10-11-18(20)24/h5-11,14,19H,4,12-13,15H2,1-3H3,(H,25,29)/t19-/m0/s1. The summed E-state index contributed by atoms with van der Waals surface area (Å²) in [6, 6.07) is 13.2. The minimum Gasteiger partial charge on any atom is -0.357 e. The number of nitrogens with zero attached hydrogens (tertiary/aromatic N) is 2. The molecule has 0 bridgehead atoms. The summed E-state index contributed by atoms with van der Waals surface area (Å²) in [7, 11) is -2.37. The lowest BCUT2D eigenvalue weighted by Crippen LogP contribution is -2.52. The zero-order chi connectivity index (χ0) is 23.9. The van der Waals surface area contributed by atoms with Gasteiger partial charge in [0.2, 0.25) is 21.8 Å². The molecule has 1 N–H and O–H groups in total. The smallest absolute Gasteiger partial charge is 0.244 e. The van der Waals surface area contributed by atoms with Gasteiger partial charge in [-0.2, -0.15) is 0 Å². The van der Waals surface area contributed by atoms with Crippen molar-refractivity contribution >= 4 is 50.7 Å². The van der Waals surface area contributed by atoms with Crippen molar-refractivity contribution in [3.8, 4) is 0 Å². The van der Waals surface area contributed by atoms with Crippen LogP contribution in [0, 0.1) is 0 Å². The number of amides is 2. The Morgan fingerprint density at radius 1 is 1.09 bits per heavy atom. The lowest BCUT2D eigenvalue weighted by molar-refractivity contribution is -0.139. The van der Waals surface area contributed by atoms with Gasteiger partial charge in [-0.3, -0.25) is 13.9 Å². The Balaban J connectivity index is 2.38. The number of carbonyl (C=O) groups is 2. The number of likely N-dealkylation sites (N-methyl/N-ethyl adjacent to an activating group) is 1. The van der Waals surface area contributed by atoms with Crippen LogP contribution in [-0.4, -0.2) is 57.6 Å². The number of sulfonamides is 1. The molecule has 10 heteroatoms. The maximum atomic E-state index is 13.4. The van der Waals surface area contributed by atoms with E-state index in [1.807, 2.05) is 30.3 Å². The molecule has 0 aliphatic heterocycles. The monoisotopic (exact) mass is 499 g/mol. The molecule has 2 aromatic rings. The van der Waals surface area contributed by atoms with Crippen LogP contribution >= 0.6 is 23.2 Å². The van der Waals surface area contributed by atoms with Crippen LogP contribution in [0.5, 0.6) is 0 Å². The highest BCUT2D eigenvalue weighted by atomic mass is 35.5. The molecule has 0 unspecified atom stereocenters.